The highest BCUT2D eigenvalue weighted by molar-refractivity contribution is 7.18. The van der Waals surface area contributed by atoms with Crippen LogP contribution >= 0.6 is 11.3 Å². The Hall–Kier alpha value is -3.26. The summed E-state index contributed by atoms with van der Waals surface area (Å²) in [4.78, 5) is 25.4. The lowest BCUT2D eigenvalue weighted by Gasteiger charge is -2.22. The molecule has 1 atom stereocenters. The van der Waals surface area contributed by atoms with Crippen molar-refractivity contribution in [2.75, 3.05) is 10.6 Å². The second-order valence-electron chi connectivity index (χ2n) is 7.35. The van der Waals surface area contributed by atoms with Crippen LogP contribution in [0.25, 0.3) is 10.6 Å². The van der Waals surface area contributed by atoms with Crippen molar-refractivity contribution >= 4 is 34.1 Å². The summed E-state index contributed by atoms with van der Waals surface area (Å²) in [7, 11) is 0. The molecule has 0 fully saturated rings. The molecule has 0 saturated carbocycles. The molecule has 30 heavy (non-hydrogen) atoms. The summed E-state index contributed by atoms with van der Waals surface area (Å²) in [6, 6.07) is 14.3. The number of nitrogens with one attached hydrogen (secondary N) is 3. The molecule has 0 saturated heterocycles. The van der Waals surface area contributed by atoms with Crippen LogP contribution in [-0.4, -0.2) is 28.2 Å². The molecule has 3 rings (SSSR count). The van der Waals surface area contributed by atoms with Crippen LogP contribution in [0, 0.1) is 19.8 Å². The maximum absolute atomic E-state index is 12.8. The number of carbonyl (C=O) groups is 2. The van der Waals surface area contributed by atoms with Gasteiger partial charge in [-0.05, 0) is 30.9 Å². The minimum Gasteiger partial charge on any atom is -0.326 e. The number of para-hydroxylation sites is 1. The molecule has 156 valence electrons. The maximum atomic E-state index is 12.8. The number of aromatic nitrogens is 2. The van der Waals surface area contributed by atoms with Gasteiger partial charge in [0, 0.05) is 11.3 Å². The smallest absolute Gasteiger partial charge is 0.319 e. The molecule has 1 heterocycles. The Morgan fingerprint density at radius 1 is 0.900 bits per heavy atom. The third-order valence-electron chi connectivity index (χ3n) is 4.63. The van der Waals surface area contributed by atoms with Crippen molar-refractivity contribution in [1.82, 2.24) is 15.5 Å². The van der Waals surface area contributed by atoms with Crippen molar-refractivity contribution in [2.24, 2.45) is 5.92 Å². The number of nitrogens with zero attached hydrogens (tertiary/aromatic N) is 2. The molecular formula is C22H25N5O2S. The number of anilines is 2. The van der Waals surface area contributed by atoms with Crippen molar-refractivity contribution < 1.29 is 9.59 Å². The summed E-state index contributed by atoms with van der Waals surface area (Å²) >= 11 is 1.29. The molecule has 0 radical (unpaired) electrons. The van der Waals surface area contributed by atoms with E-state index in [1.54, 1.807) is 0 Å². The van der Waals surface area contributed by atoms with Gasteiger partial charge in [0.15, 0.2) is 0 Å². The summed E-state index contributed by atoms with van der Waals surface area (Å²) in [6.07, 6.45) is 0. The van der Waals surface area contributed by atoms with Crippen LogP contribution in [0.5, 0.6) is 0 Å². The van der Waals surface area contributed by atoms with E-state index in [1.807, 2.05) is 76.2 Å². The van der Waals surface area contributed by atoms with Crippen molar-refractivity contribution in [3.63, 3.8) is 0 Å². The van der Waals surface area contributed by atoms with Crippen molar-refractivity contribution in [1.29, 1.82) is 0 Å². The molecule has 2 aromatic carbocycles. The Balaban J connectivity index is 1.66. The molecule has 0 aliphatic heterocycles. The largest absolute Gasteiger partial charge is 0.326 e. The van der Waals surface area contributed by atoms with E-state index in [0.717, 1.165) is 22.4 Å². The Labute approximate surface area is 179 Å². The van der Waals surface area contributed by atoms with Crippen LogP contribution < -0.4 is 16.0 Å². The van der Waals surface area contributed by atoms with E-state index < -0.39 is 12.1 Å². The lowest BCUT2D eigenvalue weighted by molar-refractivity contribution is -0.118. The van der Waals surface area contributed by atoms with Gasteiger partial charge in [0.25, 0.3) is 0 Å². The standard InChI is InChI=1S/C22H25N5O2S/c1-13(2)17(23-21(29)24-18-14(3)9-8-10-15(18)4)19(28)25-22-27-26-20(30-22)16-11-6-5-7-12-16/h5-13,17H,1-4H3,(H2,23,24,29)(H,25,27,28)/t17-/m1/s1. The van der Waals surface area contributed by atoms with Crippen LogP contribution in [0.15, 0.2) is 48.5 Å². The lowest BCUT2D eigenvalue weighted by Crippen LogP contribution is -2.48. The average Bonchev–Trinajstić information content (AvgIpc) is 3.18. The number of aryl methyl sites for hydroxylation is 2. The third-order valence-corrected chi connectivity index (χ3v) is 5.52. The van der Waals surface area contributed by atoms with Crippen LogP contribution in [0.3, 0.4) is 0 Å². The third kappa shape index (κ3) is 5.21. The molecular weight excluding hydrogens is 398 g/mol. The second kappa shape index (κ2) is 9.49. The van der Waals surface area contributed by atoms with Gasteiger partial charge in [-0.2, -0.15) is 0 Å². The molecule has 3 amide bonds. The number of urea groups is 1. The van der Waals surface area contributed by atoms with Crippen molar-refractivity contribution in [3.05, 3.63) is 59.7 Å². The summed E-state index contributed by atoms with van der Waals surface area (Å²) in [5.74, 6) is -0.451. The van der Waals surface area contributed by atoms with E-state index in [1.165, 1.54) is 11.3 Å². The second-order valence-corrected chi connectivity index (χ2v) is 8.33. The van der Waals surface area contributed by atoms with E-state index in [0.29, 0.717) is 10.1 Å². The van der Waals surface area contributed by atoms with Crippen LogP contribution in [-0.2, 0) is 4.79 Å². The molecule has 0 bridgehead atoms. The van der Waals surface area contributed by atoms with Gasteiger partial charge < -0.3 is 10.6 Å². The number of rotatable bonds is 6. The van der Waals surface area contributed by atoms with Crippen molar-refractivity contribution in [2.45, 2.75) is 33.7 Å². The molecule has 1 aromatic heterocycles. The summed E-state index contributed by atoms with van der Waals surface area (Å²) in [5, 5.41) is 17.7. The van der Waals surface area contributed by atoms with E-state index in [4.69, 9.17) is 0 Å². The summed E-state index contributed by atoms with van der Waals surface area (Å²) < 4.78 is 0. The van der Waals surface area contributed by atoms with Crippen molar-refractivity contribution in [3.8, 4) is 10.6 Å². The summed E-state index contributed by atoms with van der Waals surface area (Å²) in [6.45, 7) is 7.60. The first-order chi connectivity index (χ1) is 14.3. The van der Waals surface area contributed by atoms with Gasteiger partial charge in [0.1, 0.15) is 11.0 Å². The predicted molar refractivity (Wildman–Crippen MR) is 121 cm³/mol. The van der Waals surface area contributed by atoms with Gasteiger partial charge in [-0.1, -0.05) is 73.7 Å². The fourth-order valence-electron chi connectivity index (χ4n) is 2.99. The number of amides is 3. The normalized spacial score (nSPS) is 11.8. The Bertz CT molecular complexity index is 1010. The lowest BCUT2D eigenvalue weighted by atomic mass is 10.0. The quantitative estimate of drug-likeness (QED) is 0.540. The van der Waals surface area contributed by atoms with E-state index >= 15 is 0 Å². The van der Waals surface area contributed by atoms with Gasteiger partial charge in [-0.3, -0.25) is 10.1 Å². The number of carbonyl (C=O) groups excluding carboxylic acids is 2. The average molecular weight is 424 g/mol. The van der Waals surface area contributed by atoms with Crippen LogP contribution in [0.4, 0.5) is 15.6 Å². The first-order valence-electron chi connectivity index (χ1n) is 9.68. The minimum absolute atomic E-state index is 0.116. The van der Waals surface area contributed by atoms with Gasteiger partial charge in [-0.25, -0.2) is 4.79 Å². The SMILES string of the molecule is Cc1cccc(C)c1NC(=O)N[C@@H](C(=O)Nc1nnc(-c2ccccc2)s1)C(C)C. The minimum atomic E-state index is -0.724. The highest BCUT2D eigenvalue weighted by Crippen LogP contribution is 2.26. The fourth-order valence-corrected chi connectivity index (χ4v) is 3.74. The first-order valence-corrected chi connectivity index (χ1v) is 10.5. The molecule has 7 nitrogen and oxygen atoms in total. The Morgan fingerprint density at radius 2 is 1.57 bits per heavy atom. The highest BCUT2D eigenvalue weighted by Gasteiger charge is 2.25. The van der Waals surface area contributed by atoms with E-state index in [2.05, 4.69) is 26.1 Å². The number of hydrogen-bond donors (Lipinski definition) is 3. The molecule has 3 aromatic rings. The van der Waals surface area contributed by atoms with Crippen LogP contribution in [0.1, 0.15) is 25.0 Å². The number of hydrogen-bond acceptors (Lipinski definition) is 5. The molecule has 0 unspecified atom stereocenters. The molecule has 0 aliphatic carbocycles. The molecule has 3 N–H and O–H groups in total. The van der Waals surface area contributed by atoms with Crippen LogP contribution in [0.2, 0.25) is 0 Å². The zero-order valence-electron chi connectivity index (χ0n) is 17.4. The van der Waals surface area contributed by atoms with Gasteiger partial charge in [0.05, 0.1) is 0 Å². The monoisotopic (exact) mass is 423 g/mol. The first kappa shape index (κ1) is 21.4. The van der Waals surface area contributed by atoms with Gasteiger partial charge in [0.2, 0.25) is 11.0 Å². The predicted octanol–water partition coefficient (Wildman–Crippen LogP) is 4.61. The Morgan fingerprint density at radius 3 is 2.20 bits per heavy atom. The maximum Gasteiger partial charge on any atom is 0.319 e. The molecule has 8 heteroatoms. The Kier molecular flexibility index (Phi) is 6.79. The topological polar surface area (TPSA) is 96.0 Å². The summed E-state index contributed by atoms with van der Waals surface area (Å²) in [5.41, 5.74) is 3.59. The molecule has 0 aliphatic rings. The molecule has 0 spiro atoms. The van der Waals surface area contributed by atoms with E-state index in [-0.39, 0.29) is 11.8 Å². The zero-order chi connectivity index (χ0) is 21.7. The number of benzene rings is 2. The van der Waals surface area contributed by atoms with E-state index in [9.17, 15) is 9.59 Å². The van der Waals surface area contributed by atoms with Gasteiger partial charge in [-0.15, -0.1) is 10.2 Å². The zero-order valence-corrected chi connectivity index (χ0v) is 18.2. The highest BCUT2D eigenvalue weighted by atomic mass is 32.1. The fraction of sp³-hybridized carbons (Fsp3) is 0.273. The van der Waals surface area contributed by atoms with Gasteiger partial charge >= 0.3 is 6.03 Å².